The molecule has 0 aliphatic rings. The molecule has 1 aromatic rings. The van der Waals surface area contributed by atoms with E-state index in [4.69, 9.17) is 0 Å². The molecule has 90 valence electrons. The van der Waals surface area contributed by atoms with Crippen LogP contribution in [0.5, 0.6) is 0 Å². The smallest absolute Gasteiger partial charge is 0.349 e. The molecule has 0 aliphatic carbocycles. The molecule has 1 heterocycles. The van der Waals surface area contributed by atoms with Gasteiger partial charge in [-0.25, -0.2) is 0 Å². The molecule has 1 N–H and O–H groups in total. The maximum Gasteiger partial charge on any atom is 0.391 e. The van der Waals surface area contributed by atoms with Crippen LogP contribution in [0.2, 0.25) is 0 Å². The monoisotopic (exact) mass is 315 g/mol. The lowest BCUT2D eigenvalue weighted by atomic mass is 10.2. The molecule has 1 atom stereocenters. The number of rotatable bonds is 3. The van der Waals surface area contributed by atoms with E-state index in [1.54, 1.807) is 11.4 Å². The molecule has 1 rings (SSSR count). The fraction of sp³-hybridized carbons (Fsp3) is 0.444. The summed E-state index contributed by atoms with van der Waals surface area (Å²) in [6, 6.07) is 0.745. The average Bonchev–Trinajstić information content (AvgIpc) is 2.47. The molecule has 0 bridgehead atoms. The Labute approximate surface area is 103 Å². The molecule has 2 nitrogen and oxygen atoms in total. The van der Waals surface area contributed by atoms with Gasteiger partial charge in [-0.3, -0.25) is 4.79 Å². The highest BCUT2D eigenvalue weighted by Gasteiger charge is 2.30. The summed E-state index contributed by atoms with van der Waals surface area (Å²) < 4.78 is 36.7. The second-order valence-corrected chi connectivity index (χ2v) is 5.06. The Morgan fingerprint density at radius 3 is 2.69 bits per heavy atom. The first-order valence-electron chi connectivity index (χ1n) is 4.40. The minimum absolute atomic E-state index is 0.383. The zero-order chi connectivity index (χ0) is 12.3. The fourth-order valence-corrected chi connectivity index (χ4v) is 2.60. The zero-order valence-electron chi connectivity index (χ0n) is 8.27. The Morgan fingerprint density at radius 1 is 1.62 bits per heavy atom. The van der Waals surface area contributed by atoms with Crippen molar-refractivity contribution in [3.8, 4) is 0 Å². The van der Waals surface area contributed by atoms with Crippen LogP contribution in [0.25, 0.3) is 0 Å². The summed E-state index contributed by atoms with van der Waals surface area (Å²) in [6.45, 7) is 1.33. The molecule has 0 fully saturated rings. The van der Waals surface area contributed by atoms with Crippen LogP contribution in [0.15, 0.2) is 15.9 Å². The standard InChI is InChI=1S/C9H9BrF3NOS/c1-5(4-9(11,12)13)14-8(15)7-6(10)2-3-16-7/h2-3,5H,4H2,1H3,(H,14,15). The number of nitrogens with one attached hydrogen (secondary N) is 1. The van der Waals surface area contributed by atoms with Gasteiger partial charge >= 0.3 is 6.18 Å². The highest BCUT2D eigenvalue weighted by Crippen LogP contribution is 2.24. The van der Waals surface area contributed by atoms with Crippen LogP contribution < -0.4 is 5.32 Å². The van der Waals surface area contributed by atoms with Gasteiger partial charge in [0, 0.05) is 10.5 Å². The van der Waals surface area contributed by atoms with Crippen molar-refractivity contribution in [2.24, 2.45) is 0 Å². The van der Waals surface area contributed by atoms with E-state index in [1.165, 1.54) is 18.3 Å². The first-order chi connectivity index (χ1) is 7.29. The fourth-order valence-electron chi connectivity index (χ4n) is 1.14. The Morgan fingerprint density at radius 2 is 2.25 bits per heavy atom. The average molecular weight is 316 g/mol. The van der Waals surface area contributed by atoms with E-state index in [9.17, 15) is 18.0 Å². The van der Waals surface area contributed by atoms with Crippen LogP contribution in [0.1, 0.15) is 23.0 Å². The van der Waals surface area contributed by atoms with Crippen LogP contribution in [0.3, 0.4) is 0 Å². The summed E-state index contributed by atoms with van der Waals surface area (Å²) in [6.07, 6.45) is -5.29. The van der Waals surface area contributed by atoms with Crippen molar-refractivity contribution in [3.05, 3.63) is 20.8 Å². The van der Waals surface area contributed by atoms with Crippen molar-refractivity contribution < 1.29 is 18.0 Å². The number of carbonyl (C=O) groups excluding carboxylic acids is 1. The Kier molecular flexibility index (Phi) is 4.37. The number of halogens is 4. The number of carbonyl (C=O) groups is 1. The SMILES string of the molecule is CC(CC(F)(F)F)NC(=O)c1sccc1Br. The van der Waals surface area contributed by atoms with Gasteiger partial charge in [0.05, 0.1) is 6.42 Å². The van der Waals surface area contributed by atoms with E-state index in [0.717, 1.165) is 0 Å². The Balaban J connectivity index is 2.56. The van der Waals surface area contributed by atoms with Crippen LogP contribution >= 0.6 is 27.3 Å². The largest absolute Gasteiger partial charge is 0.391 e. The van der Waals surface area contributed by atoms with Crippen molar-refractivity contribution >= 4 is 33.2 Å². The van der Waals surface area contributed by atoms with Gasteiger partial charge in [-0.05, 0) is 34.3 Å². The van der Waals surface area contributed by atoms with Crippen molar-refractivity contribution in [2.75, 3.05) is 0 Å². The minimum Gasteiger partial charge on any atom is -0.349 e. The highest BCUT2D eigenvalue weighted by molar-refractivity contribution is 9.10. The Bertz CT molecular complexity index is 377. The van der Waals surface area contributed by atoms with Gasteiger partial charge in [-0.2, -0.15) is 13.2 Å². The summed E-state index contributed by atoms with van der Waals surface area (Å²) in [4.78, 5) is 11.9. The molecule has 1 amide bonds. The predicted molar refractivity (Wildman–Crippen MR) is 59.6 cm³/mol. The number of hydrogen-bond acceptors (Lipinski definition) is 2. The van der Waals surface area contributed by atoms with Gasteiger partial charge in [-0.1, -0.05) is 0 Å². The van der Waals surface area contributed by atoms with Crippen LogP contribution in [-0.4, -0.2) is 18.1 Å². The summed E-state index contributed by atoms with van der Waals surface area (Å²) in [5.41, 5.74) is 0. The topological polar surface area (TPSA) is 29.1 Å². The molecule has 7 heteroatoms. The lowest BCUT2D eigenvalue weighted by Crippen LogP contribution is -2.35. The van der Waals surface area contributed by atoms with Crippen LogP contribution in [-0.2, 0) is 0 Å². The van der Waals surface area contributed by atoms with E-state index in [-0.39, 0.29) is 0 Å². The van der Waals surface area contributed by atoms with E-state index in [1.807, 2.05) is 0 Å². The van der Waals surface area contributed by atoms with Gasteiger partial charge in [0.1, 0.15) is 4.88 Å². The second-order valence-electron chi connectivity index (χ2n) is 3.29. The molecular weight excluding hydrogens is 307 g/mol. The number of hydrogen-bond donors (Lipinski definition) is 1. The minimum atomic E-state index is -4.26. The molecule has 0 aromatic carbocycles. The highest BCUT2D eigenvalue weighted by atomic mass is 79.9. The van der Waals surface area contributed by atoms with Crippen LogP contribution in [0.4, 0.5) is 13.2 Å². The third-order valence-corrected chi connectivity index (χ3v) is 3.57. The van der Waals surface area contributed by atoms with Gasteiger partial charge in [0.2, 0.25) is 0 Å². The van der Waals surface area contributed by atoms with E-state index in [0.29, 0.717) is 9.35 Å². The van der Waals surface area contributed by atoms with E-state index < -0.39 is 24.5 Å². The molecule has 0 aliphatic heterocycles. The van der Waals surface area contributed by atoms with Gasteiger partial charge in [0.15, 0.2) is 0 Å². The van der Waals surface area contributed by atoms with Crippen molar-refractivity contribution in [1.29, 1.82) is 0 Å². The third kappa shape index (κ3) is 4.13. The van der Waals surface area contributed by atoms with E-state index >= 15 is 0 Å². The lowest BCUT2D eigenvalue weighted by Gasteiger charge is -2.15. The molecule has 0 saturated carbocycles. The normalized spacial score (nSPS) is 13.6. The van der Waals surface area contributed by atoms with Crippen molar-refractivity contribution in [1.82, 2.24) is 5.32 Å². The van der Waals surface area contributed by atoms with Gasteiger partial charge in [-0.15, -0.1) is 11.3 Å². The number of thiophene rings is 1. The molecule has 1 aromatic heterocycles. The maximum atomic E-state index is 12.0. The second kappa shape index (κ2) is 5.18. The number of amides is 1. The first kappa shape index (κ1) is 13.5. The van der Waals surface area contributed by atoms with Gasteiger partial charge in [0.25, 0.3) is 5.91 Å². The third-order valence-electron chi connectivity index (χ3n) is 1.74. The molecule has 0 spiro atoms. The Hall–Kier alpha value is -0.560. The summed E-state index contributed by atoms with van der Waals surface area (Å²) in [7, 11) is 0. The summed E-state index contributed by atoms with van der Waals surface area (Å²) in [5.74, 6) is -0.487. The molecule has 0 saturated heterocycles. The molecular formula is C9H9BrF3NOS. The predicted octanol–water partition coefficient (Wildman–Crippen LogP) is 3.58. The number of alkyl halides is 3. The van der Waals surface area contributed by atoms with Crippen molar-refractivity contribution in [2.45, 2.75) is 25.6 Å². The molecule has 16 heavy (non-hydrogen) atoms. The maximum absolute atomic E-state index is 12.0. The van der Waals surface area contributed by atoms with Gasteiger partial charge < -0.3 is 5.32 Å². The zero-order valence-corrected chi connectivity index (χ0v) is 10.7. The quantitative estimate of drug-likeness (QED) is 0.907. The molecule has 1 unspecified atom stereocenters. The summed E-state index contributed by atoms with van der Waals surface area (Å²) in [5, 5.41) is 3.99. The molecule has 0 radical (unpaired) electrons. The van der Waals surface area contributed by atoms with E-state index in [2.05, 4.69) is 21.2 Å². The van der Waals surface area contributed by atoms with Crippen molar-refractivity contribution in [3.63, 3.8) is 0 Å². The van der Waals surface area contributed by atoms with Crippen LogP contribution in [0, 0.1) is 0 Å². The summed E-state index contributed by atoms with van der Waals surface area (Å²) >= 11 is 4.32. The first-order valence-corrected chi connectivity index (χ1v) is 6.07. The lowest BCUT2D eigenvalue weighted by molar-refractivity contribution is -0.138.